The number of hydrogen-bond donors (Lipinski definition) is 0. The highest BCUT2D eigenvalue weighted by Gasteiger charge is 2.16. The minimum Gasteiger partial charge on any atom is -0.497 e. The zero-order valence-corrected chi connectivity index (χ0v) is 10.2. The van der Waals surface area contributed by atoms with Crippen LogP contribution in [-0.2, 0) is 9.84 Å². The van der Waals surface area contributed by atoms with Crippen LogP contribution in [0, 0.1) is 6.92 Å². The molecule has 0 amide bonds. The van der Waals surface area contributed by atoms with E-state index in [1.807, 2.05) is 0 Å². The van der Waals surface area contributed by atoms with E-state index in [2.05, 4.69) is 0 Å². The molecule has 0 N–H and O–H groups in total. The summed E-state index contributed by atoms with van der Waals surface area (Å²) in [5, 5.41) is 0. The first kappa shape index (κ1) is 12.3. The van der Waals surface area contributed by atoms with Crippen molar-refractivity contribution in [2.45, 2.75) is 11.8 Å². The summed E-state index contributed by atoms with van der Waals surface area (Å²) in [6.45, 7) is 1.75. The van der Waals surface area contributed by atoms with Crippen molar-refractivity contribution >= 4 is 21.4 Å². The SMILES string of the molecule is COc1ccc(C)c(S(=O)(=O)CCCl)c1. The topological polar surface area (TPSA) is 43.4 Å². The lowest BCUT2D eigenvalue weighted by molar-refractivity contribution is 0.413. The third-order valence-corrected chi connectivity index (χ3v) is 4.34. The molecule has 0 bridgehead atoms. The Hall–Kier alpha value is -0.740. The maximum absolute atomic E-state index is 11.8. The molecule has 0 atom stereocenters. The van der Waals surface area contributed by atoms with Gasteiger partial charge in [-0.15, -0.1) is 11.6 Å². The van der Waals surface area contributed by atoms with Gasteiger partial charge in [-0.25, -0.2) is 8.42 Å². The van der Waals surface area contributed by atoms with Crippen LogP contribution in [0.3, 0.4) is 0 Å². The van der Waals surface area contributed by atoms with Crippen molar-refractivity contribution in [3.05, 3.63) is 23.8 Å². The van der Waals surface area contributed by atoms with Gasteiger partial charge in [0.15, 0.2) is 9.84 Å². The van der Waals surface area contributed by atoms with Crippen LogP contribution >= 0.6 is 11.6 Å². The van der Waals surface area contributed by atoms with Crippen LogP contribution in [0.25, 0.3) is 0 Å². The third kappa shape index (κ3) is 2.86. The standard InChI is InChI=1S/C10H13ClO3S/c1-8-3-4-9(14-2)7-10(8)15(12,13)6-5-11/h3-4,7H,5-6H2,1-2H3. The molecule has 5 heteroatoms. The van der Waals surface area contributed by atoms with E-state index in [0.29, 0.717) is 16.2 Å². The van der Waals surface area contributed by atoms with Crippen molar-refractivity contribution in [3.63, 3.8) is 0 Å². The van der Waals surface area contributed by atoms with Crippen LogP contribution in [0.4, 0.5) is 0 Å². The van der Waals surface area contributed by atoms with Crippen molar-refractivity contribution < 1.29 is 13.2 Å². The van der Waals surface area contributed by atoms with Crippen LogP contribution in [0.1, 0.15) is 5.56 Å². The van der Waals surface area contributed by atoms with Gasteiger partial charge in [0.1, 0.15) is 5.75 Å². The number of benzene rings is 1. The Morgan fingerprint density at radius 1 is 1.40 bits per heavy atom. The molecule has 1 aromatic rings. The Bertz CT molecular complexity index is 440. The molecule has 3 nitrogen and oxygen atoms in total. The van der Waals surface area contributed by atoms with Crippen molar-refractivity contribution in [3.8, 4) is 5.75 Å². The highest BCUT2D eigenvalue weighted by molar-refractivity contribution is 7.91. The molecule has 0 aliphatic rings. The van der Waals surface area contributed by atoms with Gasteiger partial charge in [-0.2, -0.15) is 0 Å². The summed E-state index contributed by atoms with van der Waals surface area (Å²) < 4.78 is 28.5. The first-order chi connectivity index (χ1) is 7.01. The summed E-state index contributed by atoms with van der Waals surface area (Å²) in [7, 11) is -1.78. The fourth-order valence-corrected chi connectivity index (χ4v) is 3.14. The molecule has 1 aromatic carbocycles. The molecule has 0 aromatic heterocycles. The summed E-state index contributed by atoms with van der Waals surface area (Å²) in [5.41, 5.74) is 0.709. The van der Waals surface area contributed by atoms with Crippen molar-refractivity contribution in [1.82, 2.24) is 0 Å². The normalized spacial score (nSPS) is 11.4. The summed E-state index contributed by atoms with van der Waals surface area (Å²) in [5.74, 6) is 0.579. The molecule has 84 valence electrons. The van der Waals surface area contributed by atoms with Gasteiger partial charge >= 0.3 is 0 Å². The minimum absolute atomic E-state index is 0.0530. The summed E-state index contributed by atoms with van der Waals surface area (Å²) >= 11 is 5.45. The fraction of sp³-hybridized carbons (Fsp3) is 0.400. The van der Waals surface area contributed by atoms with E-state index in [-0.39, 0.29) is 11.6 Å². The van der Waals surface area contributed by atoms with Gasteiger partial charge < -0.3 is 4.74 Å². The molecule has 0 fully saturated rings. The highest BCUT2D eigenvalue weighted by Crippen LogP contribution is 2.22. The monoisotopic (exact) mass is 248 g/mol. The molecule has 1 rings (SSSR count). The molecule has 0 radical (unpaired) electrons. The largest absolute Gasteiger partial charge is 0.497 e. The predicted octanol–water partition coefficient (Wildman–Crippen LogP) is 2.02. The van der Waals surface area contributed by atoms with E-state index >= 15 is 0 Å². The quantitative estimate of drug-likeness (QED) is 0.766. The number of alkyl halides is 1. The maximum Gasteiger partial charge on any atom is 0.179 e. The minimum atomic E-state index is -3.29. The van der Waals surface area contributed by atoms with E-state index < -0.39 is 9.84 Å². The zero-order chi connectivity index (χ0) is 11.5. The Balaban J connectivity index is 3.24. The van der Waals surface area contributed by atoms with Gasteiger partial charge in [-0.1, -0.05) is 6.07 Å². The molecular weight excluding hydrogens is 236 g/mol. The molecule has 0 saturated heterocycles. The predicted molar refractivity (Wildman–Crippen MR) is 60.5 cm³/mol. The number of methoxy groups -OCH3 is 1. The molecule has 0 aliphatic carbocycles. The molecule has 15 heavy (non-hydrogen) atoms. The average Bonchev–Trinajstić information content (AvgIpc) is 2.18. The van der Waals surface area contributed by atoms with E-state index in [1.165, 1.54) is 13.2 Å². The fourth-order valence-electron chi connectivity index (χ4n) is 1.25. The molecule has 0 heterocycles. The van der Waals surface area contributed by atoms with Gasteiger partial charge in [-0.05, 0) is 24.6 Å². The Morgan fingerprint density at radius 3 is 2.60 bits per heavy atom. The van der Waals surface area contributed by atoms with E-state index in [4.69, 9.17) is 16.3 Å². The molecule has 0 spiro atoms. The lowest BCUT2D eigenvalue weighted by Crippen LogP contribution is -2.09. The highest BCUT2D eigenvalue weighted by atomic mass is 35.5. The van der Waals surface area contributed by atoms with Gasteiger partial charge in [0.05, 0.1) is 17.8 Å². The van der Waals surface area contributed by atoms with Crippen molar-refractivity contribution in [1.29, 1.82) is 0 Å². The second-order valence-corrected chi connectivity index (χ2v) is 5.59. The number of rotatable bonds is 4. The van der Waals surface area contributed by atoms with E-state index in [1.54, 1.807) is 19.1 Å². The van der Waals surface area contributed by atoms with Crippen LogP contribution in [0.15, 0.2) is 23.1 Å². The number of sulfone groups is 1. The first-order valence-corrected chi connectivity index (χ1v) is 6.63. The van der Waals surface area contributed by atoms with Gasteiger partial charge in [-0.3, -0.25) is 0 Å². The second-order valence-electron chi connectivity index (χ2n) is 3.14. The smallest absolute Gasteiger partial charge is 0.179 e. The molecule has 0 saturated carbocycles. The van der Waals surface area contributed by atoms with Crippen molar-refractivity contribution in [2.75, 3.05) is 18.7 Å². The van der Waals surface area contributed by atoms with Crippen LogP contribution in [0.5, 0.6) is 5.75 Å². The molecular formula is C10H13ClO3S. The number of halogens is 1. The van der Waals surface area contributed by atoms with E-state index in [9.17, 15) is 8.42 Å². The zero-order valence-electron chi connectivity index (χ0n) is 8.66. The Labute approximate surface area is 94.9 Å². The Kier molecular flexibility index (Phi) is 3.99. The number of ether oxygens (including phenoxy) is 1. The summed E-state index contributed by atoms with van der Waals surface area (Å²) in [6, 6.07) is 4.98. The third-order valence-electron chi connectivity index (χ3n) is 2.08. The van der Waals surface area contributed by atoms with Crippen LogP contribution < -0.4 is 4.74 Å². The molecule has 0 aliphatic heterocycles. The maximum atomic E-state index is 11.8. The lowest BCUT2D eigenvalue weighted by Gasteiger charge is -2.08. The Morgan fingerprint density at radius 2 is 2.07 bits per heavy atom. The summed E-state index contributed by atoms with van der Waals surface area (Å²) in [6.07, 6.45) is 0. The average molecular weight is 249 g/mol. The first-order valence-electron chi connectivity index (χ1n) is 4.44. The second kappa shape index (κ2) is 4.86. The van der Waals surface area contributed by atoms with Crippen LogP contribution in [0.2, 0.25) is 0 Å². The van der Waals surface area contributed by atoms with E-state index in [0.717, 1.165) is 0 Å². The van der Waals surface area contributed by atoms with Gasteiger partial charge in [0.2, 0.25) is 0 Å². The number of hydrogen-bond acceptors (Lipinski definition) is 3. The molecule has 0 unspecified atom stereocenters. The van der Waals surface area contributed by atoms with Gasteiger partial charge in [0, 0.05) is 5.88 Å². The van der Waals surface area contributed by atoms with Crippen molar-refractivity contribution in [2.24, 2.45) is 0 Å². The summed E-state index contributed by atoms with van der Waals surface area (Å²) in [4.78, 5) is 0.294. The number of aryl methyl sites for hydroxylation is 1. The lowest BCUT2D eigenvalue weighted by atomic mass is 10.2. The van der Waals surface area contributed by atoms with Crippen LogP contribution in [-0.4, -0.2) is 27.2 Å². The van der Waals surface area contributed by atoms with Gasteiger partial charge in [0.25, 0.3) is 0 Å².